The van der Waals surface area contributed by atoms with Crippen molar-refractivity contribution in [3.8, 4) is 11.4 Å². The van der Waals surface area contributed by atoms with Crippen molar-refractivity contribution in [2.24, 2.45) is 0 Å². The van der Waals surface area contributed by atoms with E-state index >= 15 is 0 Å². The standard InChI is InChI=1S/C23H18F3N3O/c1-13-11-19-20(12-14(13)2)29-21(28-19)15-5-9-18(10-6-15)27-22(30)16-3-7-17(8-4-16)23(24,25)26/h3-12H,1-2H3,(H,27,30)(H,28,29). The predicted molar refractivity (Wildman–Crippen MR) is 110 cm³/mol. The predicted octanol–water partition coefficient (Wildman–Crippen LogP) is 6.12. The van der Waals surface area contributed by atoms with Crippen LogP contribution in [0.3, 0.4) is 0 Å². The van der Waals surface area contributed by atoms with Crippen LogP contribution in [0.25, 0.3) is 22.4 Å². The molecule has 0 spiro atoms. The summed E-state index contributed by atoms with van der Waals surface area (Å²) < 4.78 is 37.9. The fraction of sp³-hybridized carbons (Fsp3) is 0.130. The molecule has 152 valence electrons. The Balaban J connectivity index is 1.50. The molecule has 0 aliphatic carbocycles. The Bertz CT molecular complexity index is 1180. The van der Waals surface area contributed by atoms with Crippen molar-refractivity contribution in [1.82, 2.24) is 9.97 Å². The van der Waals surface area contributed by atoms with Crippen molar-refractivity contribution >= 4 is 22.6 Å². The van der Waals surface area contributed by atoms with Crippen LogP contribution in [0, 0.1) is 13.8 Å². The fourth-order valence-electron chi connectivity index (χ4n) is 3.13. The highest BCUT2D eigenvalue weighted by Crippen LogP contribution is 2.29. The van der Waals surface area contributed by atoms with E-state index in [1.54, 1.807) is 12.1 Å². The second-order valence-corrected chi connectivity index (χ2v) is 7.15. The molecule has 1 amide bonds. The van der Waals surface area contributed by atoms with Crippen LogP contribution in [0.1, 0.15) is 27.0 Å². The number of hydrogen-bond donors (Lipinski definition) is 2. The maximum absolute atomic E-state index is 12.6. The van der Waals surface area contributed by atoms with Gasteiger partial charge >= 0.3 is 6.18 Å². The van der Waals surface area contributed by atoms with E-state index in [1.165, 1.54) is 11.1 Å². The molecule has 0 bridgehead atoms. The molecule has 0 saturated heterocycles. The van der Waals surface area contributed by atoms with Crippen LogP contribution < -0.4 is 5.32 Å². The number of carbonyl (C=O) groups excluding carboxylic acids is 1. The molecule has 4 aromatic rings. The second-order valence-electron chi connectivity index (χ2n) is 7.15. The number of alkyl halides is 3. The number of nitrogens with one attached hydrogen (secondary N) is 2. The molecule has 0 atom stereocenters. The van der Waals surface area contributed by atoms with Crippen molar-refractivity contribution in [1.29, 1.82) is 0 Å². The second kappa shape index (κ2) is 7.33. The summed E-state index contributed by atoms with van der Waals surface area (Å²) in [6.07, 6.45) is -4.43. The molecule has 30 heavy (non-hydrogen) atoms. The largest absolute Gasteiger partial charge is 0.416 e. The number of benzene rings is 3. The molecule has 2 N–H and O–H groups in total. The lowest BCUT2D eigenvalue weighted by Crippen LogP contribution is -2.12. The minimum atomic E-state index is -4.43. The van der Waals surface area contributed by atoms with Gasteiger partial charge in [0.1, 0.15) is 5.82 Å². The molecule has 4 rings (SSSR count). The molecule has 4 nitrogen and oxygen atoms in total. The van der Waals surface area contributed by atoms with E-state index < -0.39 is 17.6 Å². The SMILES string of the molecule is Cc1cc2nc(-c3ccc(NC(=O)c4ccc(C(F)(F)F)cc4)cc3)[nH]c2cc1C. The molecule has 0 unspecified atom stereocenters. The van der Waals surface area contributed by atoms with Crippen LogP contribution in [0.15, 0.2) is 60.7 Å². The molecule has 0 aliphatic heterocycles. The lowest BCUT2D eigenvalue weighted by Gasteiger charge is -2.08. The van der Waals surface area contributed by atoms with Gasteiger partial charge in [0.25, 0.3) is 5.91 Å². The number of aryl methyl sites for hydroxylation is 2. The maximum atomic E-state index is 12.6. The summed E-state index contributed by atoms with van der Waals surface area (Å²) in [5.74, 6) is 0.238. The monoisotopic (exact) mass is 409 g/mol. The van der Waals surface area contributed by atoms with E-state index in [4.69, 9.17) is 0 Å². The van der Waals surface area contributed by atoms with Crippen molar-refractivity contribution in [2.45, 2.75) is 20.0 Å². The minimum absolute atomic E-state index is 0.148. The van der Waals surface area contributed by atoms with Gasteiger partial charge in [0.15, 0.2) is 0 Å². The Morgan fingerprint density at radius 1 is 0.933 bits per heavy atom. The summed E-state index contributed by atoms with van der Waals surface area (Å²) in [7, 11) is 0. The number of rotatable bonds is 3. The maximum Gasteiger partial charge on any atom is 0.416 e. The molecule has 1 aromatic heterocycles. The van der Waals surface area contributed by atoms with E-state index in [9.17, 15) is 18.0 Å². The number of amides is 1. The third-order valence-electron chi connectivity index (χ3n) is 4.99. The van der Waals surface area contributed by atoms with E-state index in [0.717, 1.165) is 46.7 Å². The number of hydrogen-bond acceptors (Lipinski definition) is 2. The topological polar surface area (TPSA) is 57.8 Å². The van der Waals surface area contributed by atoms with Crippen LogP contribution in [0.2, 0.25) is 0 Å². The van der Waals surface area contributed by atoms with Gasteiger partial charge < -0.3 is 10.3 Å². The molecule has 0 saturated carbocycles. The van der Waals surface area contributed by atoms with E-state index in [1.807, 2.05) is 32.0 Å². The third kappa shape index (κ3) is 3.91. The molecular weight excluding hydrogens is 391 g/mol. The van der Waals surface area contributed by atoms with Gasteiger partial charge in [0.2, 0.25) is 0 Å². The van der Waals surface area contributed by atoms with Crippen molar-refractivity contribution in [3.63, 3.8) is 0 Å². The van der Waals surface area contributed by atoms with Crippen molar-refractivity contribution in [3.05, 3.63) is 82.9 Å². The van der Waals surface area contributed by atoms with Gasteiger partial charge in [0.05, 0.1) is 16.6 Å². The number of imidazole rings is 1. The number of carbonyl (C=O) groups is 1. The molecule has 0 aliphatic rings. The zero-order chi connectivity index (χ0) is 21.5. The Kier molecular flexibility index (Phi) is 4.81. The summed E-state index contributed by atoms with van der Waals surface area (Å²) in [6.45, 7) is 4.08. The van der Waals surface area contributed by atoms with E-state index in [2.05, 4.69) is 21.4 Å². The summed E-state index contributed by atoms with van der Waals surface area (Å²) >= 11 is 0. The van der Waals surface area contributed by atoms with Gasteiger partial charge in [-0.1, -0.05) is 0 Å². The van der Waals surface area contributed by atoms with Gasteiger partial charge in [-0.15, -0.1) is 0 Å². The smallest absolute Gasteiger partial charge is 0.338 e. The Hall–Kier alpha value is -3.61. The first-order valence-electron chi connectivity index (χ1n) is 9.27. The Labute approximate surface area is 170 Å². The Morgan fingerprint density at radius 3 is 2.20 bits per heavy atom. The average Bonchev–Trinajstić information content (AvgIpc) is 3.11. The minimum Gasteiger partial charge on any atom is -0.338 e. The van der Waals surface area contributed by atoms with Crippen LogP contribution in [0.5, 0.6) is 0 Å². The van der Waals surface area contributed by atoms with E-state index in [0.29, 0.717) is 5.69 Å². The quantitative estimate of drug-likeness (QED) is 0.428. The number of aromatic amines is 1. The normalized spacial score (nSPS) is 11.6. The van der Waals surface area contributed by atoms with Gasteiger partial charge in [0, 0.05) is 16.8 Å². The number of H-pyrrole nitrogens is 1. The number of aromatic nitrogens is 2. The number of halogens is 3. The van der Waals surface area contributed by atoms with Crippen molar-refractivity contribution in [2.75, 3.05) is 5.32 Å². The zero-order valence-corrected chi connectivity index (χ0v) is 16.3. The highest BCUT2D eigenvalue weighted by Gasteiger charge is 2.30. The highest BCUT2D eigenvalue weighted by molar-refractivity contribution is 6.04. The lowest BCUT2D eigenvalue weighted by atomic mass is 10.1. The summed E-state index contributed by atoms with van der Waals surface area (Å²) in [5.41, 5.74) is 4.93. The summed E-state index contributed by atoms with van der Waals surface area (Å²) in [4.78, 5) is 20.2. The van der Waals surface area contributed by atoms with E-state index in [-0.39, 0.29) is 5.56 Å². The van der Waals surface area contributed by atoms with Gasteiger partial charge in [-0.2, -0.15) is 13.2 Å². The fourth-order valence-corrected chi connectivity index (χ4v) is 3.13. The molecule has 0 fully saturated rings. The van der Waals surface area contributed by atoms with Gasteiger partial charge in [-0.3, -0.25) is 4.79 Å². The Morgan fingerprint density at radius 2 is 1.57 bits per heavy atom. The first kappa shape index (κ1) is 19.7. The summed E-state index contributed by atoms with van der Waals surface area (Å²) in [6, 6.07) is 15.3. The first-order chi connectivity index (χ1) is 14.2. The summed E-state index contributed by atoms with van der Waals surface area (Å²) in [5, 5.41) is 2.69. The van der Waals surface area contributed by atoms with Crippen LogP contribution in [0.4, 0.5) is 18.9 Å². The molecule has 7 heteroatoms. The number of nitrogens with zero attached hydrogens (tertiary/aromatic N) is 1. The van der Waals surface area contributed by atoms with Crippen molar-refractivity contribution < 1.29 is 18.0 Å². The lowest BCUT2D eigenvalue weighted by molar-refractivity contribution is -0.137. The number of fused-ring (bicyclic) bond motifs is 1. The van der Waals surface area contributed by atoms with Crippen LogP contribution in [-0.2, 0) is 6.18 Å². The molecule has 3 aromatic carbocycles. The van der Waals surface area contributed by atoms with Crippen LogP contribution in [-0.4, -0.2) is 15.9 Å². The highest BCUT2D eigenvalue weighted by atomic mass is 19.4. The van der Waals surface area contributed by atoms with Gasteiger partial charge in [-0.05, 0) is 85.6 Å². The third-order valence-corrected chi connectivity index (χ3v) is 4.99. The zero-order valence-electron chi connectivity index (χ0n) is 16.3. The molecular formula is C23H18F3N3O. The first-order valence-corrected chi connectivity index (χ1v) is 9.27. The number of anilines is 1. The van der Waals surface area contributed by atoms with Gasteiger partial charge in [-0.25, -0.2) is 4.98 Å². The molecule has 1 heterocycles. The molecule has 0 radical (unpaired) electrons. The average molecular weight is 409 g/mol. The van der Waals surface area contributed by atoms with Crippen LogP contribution >= 0.6 is 0 Å².